The third-order valence-corrected chi connectivity index (χ3v) is 7.81. The third-order valence-electron chi connectivity index (χ3n) is 4.10. The van der Waals surface area contributed by atoms with E-state index in [4.69, 9.17) is 14.0 Å². The molecule has 6 nitrogen and oxygen atoms in total. The lowest BCUT2D eigenvalue weighted by Crippen LogP contribution is -2.42. The minimum atomic E-state index is -1.20. The molecule has 0 fully saturated rings. The largest absolute Gasteiger partial charge is 0.396 e. The number of hydrogen-bond acceptors (Lipinski definition) is 6. The Morgan fingerprint density at radius 2 is 1.57 bits per heavy atom. The van der Waals surface area contributed by atoms with E-state index in [1.807, 2.05) is 0 Å². The Bertz CT molecular complexity index is 305. The van der Waals surface area contributed by atoms with Gasteiger partial charge in [0.15, 0.2) is 0 Å². The van der Waals surface area contributed by atoms with Crippen molar-refractivity contribution in [2.75, 3.05) is 38.9 Å². The Hall–Kier alpha value is 0.110. The summed E-state index contributed by atoms with van der Waals surface area (Å²) < 4.78 is 11.6. The molecule has 7 heteroatoms. The first-order valence-electron chi connectivity index (χ1n) is 8.13. The van der Waals surface area contributed by atoms with Crippen molar-refractivity contribution in [3.63, 3.8) is 0 Å². The molecule has 0 aromatic carbocycles. The van der Waals surface area contributed by atoms with Crippen LogP contribution in [0, 0.1) is 0 Å². The molecule has 3 atom stereocenters. The molecular formula is C16H36O6S. The van der Waals surface area contributed by atoms with Crippen LogP contribution in [0.1, 0.15) is 40.0 Å². The summed E-state index contributed by atoms with van der Waals surface area (Å²) in [4.78, 5) is 0. The van der Waals surface area contributed by atoms with Crippen LogP contribution in [0.25, 0.3) is 0 Å². The lowest BCUT2D eigenvalue weighted by atomic mass is 10.1. The van der Waals surface area contributed by atoms with Gasteiger partial charge in [0.05, 0.1) is 19.3 Å². The van der Waals surface area contributed by atoms with Crippen LogP contribution in [0.3, 0.4) is 0 Å². The number of unbranched alkanes of at least 4 members (excludes halogenated alkanes) is 1. The molecule has 0 amide bonds. The average Bonchev–Trinajstić information content (AvgIpc) is 2.45. The van der Waals surface area contributed by atoms with E-state index >= 15 is 0 Å². The highest BCUT2D eigenvalue weighted by atomic mass is 32.3. The quantitative estimate of drug-likeness (QED) is 0.390. The van der Waals surface area contributed by atoms with Crippen molar-refractivity contribution in [3.8, 4) is 0 Å². The van der Waals surface area contributed by atoms with Crippen LogP contribution in [0.2, 0.25) is 0 Å². The first-order valence-corrected chi connectivity index (χ1v) is 10.5. The van der Waals surface area contributed by atoms with Gasteiger partial charge in [-0.05, 0) is 31.8 Å². The predicted octanol–water partition coefficient (Wildman–Crippen LogP) is 1.04. The van der Waals surface area contributed by atoms with Gasteiger partial charge in [0.25, 0.3) is 0 Å². The van der Waals surface area contributed by atoms with Crippen LogP contribution in [-0.2, 0) is 8.92 Å². The Balaban J connectivity index is 3.97. The van der Waals surface area contributed by atoms with E-state index in [9.17, 15) is 15.3 Å². The van der Waals surface area contributed by atoms with Gasteiger partial charge in [-0.3, -0.25) is 0 Å². The van der Waals surface area contributed by atoms with E-state index < -0.39 is 28.6 Å². The van der Waals surface area contributed by atoms with Crippen LogP contribution in [0.5, 0.6) is 0 Å². The molecule has 0 aliphatic rings. The van der Waals surface area contributed by atoms with Crippen LogP contribution in [0.15, 0.2) is 0 Å². The van der Waals surface area contributed by atoms with Crippen LogP contribution in [-0.4, -0.2) is 82.4 Å². The number of rotatable bonds is 12. The van der Waals surface area contributed by atoms with Gasteiger partial charge in [0.1, 0.15) is 12.2 Å². The van der Waals surface area contributed by atoms with E-state index in [1.165, 1.54) is 0 Å². The summed E-state index contributed by atoms with van der Waals surface area (Å²) in [6, 6.07) is 0. The van der Waals surface area contributed by atoms with Gasteiger partial charge in [-0.1, -0.05) is 20.8 Å². The second-order valence-corrected chi connectivity index (χ2v) is 11.0. The summed E-state index contributed by atoms with van der Waals surface area (Å²) in [5.74, 6) is 0. The fraction of sp³-hybridized carbons (Fsp3) is 1.00. The highest BCUT2D eigenvalue weighted by Gasteiger charge is 2.28. The molecule has 0 aliphatic carbocycles. The van der Waals surface area contributed by atoms with E-state index in [0.717, 1.165) is 12.8 Å². The number of hydrogen-bond donors (Lipinski definition) is 4. The van der Waals surface area contributed by atoms with E-state index in [0.29, 0.717) is 13.2 Å². The summed E-state index contributed by atoms with van der Waals surface area (Å²) in [5.41, 5.74) is 0. The first-order chi connectivity index (χ1) is 10.6. The smallest absolute Gasteiger partial charge is 0.109 e. The fourth-order valence-electron chi connectivity index (χ4n) is 1.69. The Morgan fingerprint density at radius 3 is 2.04 bits per heavy atom. The molecule has 3 unspecified atom stereocenters. The van der Waals surface area contributed by atoms with Gasteiger partial charge in [-0.25, -0.2) is 0 Å². The van der Waals surface area contributed by atoms with Crippen LogP contribution >= 0.6 is 10.3 Å². The Labute approximate surface area is 142 Å². The maximum absolute atomic E-state index is 9.84. The second kappa shape index (κ2) is 10.9. The molecule has 0 aromatic rings. The number of aliphatic hydroxyl groups is 4. The van der Waals surface area contributed by atoms with Gasteiger partial charge in [-0.15, -0.1) is 10.3 Å². The van der Waals surface area contributed by atoms with E-state index in [-0.39, 0.29) is 24.4 Å². The van der Waals surface area contributed by atoms with Crippen molar-refractivity contribution < 1.29 is 29.3 Å². The number of aliphatic hydroxyl groups excluding tert-OH is 4. The third kappa shape index (κ3) is 8.67. The zero-order valence-corrected chi connectivity index (χ0v) is 16.0. The van der Waals surface area contributed by atoms with Gasteiger partial charge >= 0.3 is 0 Å². The zero-order valence-electron chi connectivity index (χ0n) is 15.2. The zero-order chi connectivity index (χ0) is 18.1. The van der Waals surface area contributed by atoms with Crippen molar-refractivity contribution in [2.45, 2.75) is 63.1 Å². The van der Waals surface area contributed by atoms with Crippen molar-refractivity contribution >= 4 is 10.3 Å². The fourth-order valence-corrected chi connectivity index (χ4v) is 2.58. The molecule has 0 aliphatic heterocycles. The second-order valence-electron chi connectivity index (χ2n) is 7.04. The molecule has 0 bridgehead atoms. The summed E-state index contributed by atoms with van der Waals surface area (Å²) in [7, 11) is -1.11. The maximum atomic E-state index is 9.84. The molecule has 0 aromatic heterocycles. The summed E-state index contributed by atoms with van der Waals surface area (Å²) in [6.07, 6.45) is 2.81. The molecule has 4 N–H and O–H groups in total. The lowest BCUT2D eigenvalue weighted by molar-refractivity contribution is -0.111. The lowest BCUT2D eigenvalue weighted by Gasteiger charge is -2.43. The van der Waals surface area contributed by atoms with Gasteiger partial charge in [0, 0.05) is 18.0 Å². The molecule has 0 radical (unpaired) electrons. The highest BCUT2D eigenvalue weighted by Crippen LogP contribution is 2.53. The average molecular weight is 357 g/mol. The first kappa shape index (κ1) is 23.1. The minimum Gasteiger partial charge on any atom is -0.396 e. The van der Waals surface area contributed by atoms with Gasteiger partial charge in [-0.2, -0.15) is 0 Å². The van der Waals surface area contributed by atoms with Gasteiger partial charge in [0.2, 0.25) is 0 Å². The summed E-state index contributed by atoms with van der Waals surface area (Å²) in [5, 5.41) is 37.4. The van der Waals surface area contributed by atoms with Crippen LogP contribution < -0.4 is 0 Å². The van der Waals surface area contributed by atoms with Crippen molar-refractivity contribution in [1.29, 1.82) is 0 Å². The molecule has 0 saturated heterocycles. The maximum Gasteiger partial charge on any atom is 0.109 e. The van der Waals surface area contributed by atoms with E-state index in [2.05, 4.69) is 33.3 Å². The molecule has 0 saturated carbocycles. The monoisotopic (exact) mass is 356 g/mol. The molecule has 23 heavy (non-hydrogen) atoms. The summed E-state index contributed by atoms with van der Waals surface area (Å²) >= 11 is 0. The predicted molar refractivity (Wildman–Crippen MR) is 94.9 cm³/mol. The molecule has 0 rings (SSSR count). The van der Waals surface area contributed by atoms with Crippen molar-refractivity contribution in [1.82, 2.24) is 0 Å². The van der Waals surface area contributed by atoms with Crippen molar-refractivity contribution in [3.05, 3.63) is 0 Å². The molecule has 0 spiro atoms. The Morgan fingerprint density at radius 1 is 1.00 bits per heavy atom. The topological polar surface area (TPSA) is 99.4 Å². The standard InChI is InChI=1S/C16H36O6S/c1-16(2,3)23(4,5)22-11-7-6-10-21-14(12-18)15(20)13(19)8-9-17/h13-15,17-20H,6-12H2,1-5H3. The van der Waals surface area contributed by atoms with E-state index in [1.54, 1.807) is 0 Å². The molecule has 142 valence electrons. The normalized spacial score (nSPS) is 17.8. The molecular weight excluding hydrogens is 320 g/mol. The Kier molecular flexibility index (Phi) is 10.9. The van der Waals surface area contributed by atoms with Gasteiger partial charge < -0.3 is 29.3 Å². The highest BCUT2D eigenvalue weighted by molar-refractivity contribution is 8.29. The minimum absolute atomic E-state index is 0.0551. The summed E-state index contributed by atoms with van der Waals surface area (Å²) in [6.45, 7) is 6.97. The molecule has 0 heterocycles. The number of ether oxygens (including phenoxy) is 1. The van der Waals surface area contributed by atoms with Crippen molar-refractivity contribution in [2.24, 2.45) is 0 Å². The van der Waals surface area contributed by atoms with Crippen LogP contribution in [0.4, 0.5) is 0 Å². The SMILES string of the molecule is CC(C)(C)S(C)(C)OCCCCOC(CO)C(O)C(O)CCO.